The second-order valence-electron chi connectivity index (χ2n) is 5.50. The number of thiophene rings is 1. The first kappa shape index (κ1) is 17.9. The van der Waals surface area contributed by atoms with E-state index in [1.165, 1.54) is 23.0 Å². The molecule has 136 valence electrons. The molecular formula is C16H15F2N5O2S. The van der Waals surface area contributed by atoms with Crippen LogP contribution < -0.4 is 11.1 Å². The molecular weight excluding hydrogens is 364 g/mol. The number of nitrogens with one attached hydrogen (secondary N) is 1. The van der Waals surface area contributed by atoms with Crippen molar-refractivity contribution in [3.05, 3.63) is 40.2 Å². The maximum Gasteiger partial charge on any atom is 0.280 e. The molecule has 3 aromatic heterocycles. The van der Waals surface area contributed by atoms with Gasteiger partial charge in [0.1, 0.15) is 21.1 Å². The topological polar surface area (TPSA) is 103 Å². The molecule has 0 atom stereocenters. The first-order valence-electron chi connectivity index (χ1n) is 7.68. The van der Waals surface area contributed by atoms with Crippen LogP contribution in [0.15, 0.2) is 18.3 Å². The predicted octanol–water partition coefficient (Wildman–Crippen LogP) is 3.11. The minimum atomic E-state index is -2.74. The summed E-state index contributed by atoms with van der Waals surface area (Å²) in [4.78, 5) is 28.6. The lowest BCUT2D eigenvalue weighted by Gasteiger charge is -2.09. The van der Waals surface area contributed by atoms with E-state index in [0.29, 0.717) is 23.2 Å². The van der Waals surface area contributed by atoms with E-state index in [1.54, 1.807) is 6.92 Å². The highest BCUT2D eigenvalue weighted by atomic mass is 32.1. The van der Waals surface area contributed by atoms with Gasteiger partial charge in [0.2, 0.25) is 0 Å². The van der Waals surface area contributed by atoms with Crippen molar-refractivity contribution in [2.75, 3.05) is 5.32 Å². The first-order chi connectivity index (χ1) is 12.3. The van der Waals surface area contributed by atoms with Crippen molar-refractivity contribution >= 4 is 39.1 Å². The van der Waals surface area contributed by atoms with Gasteiger partial charge in [-0.1, -0.05) is 0 Å². The predicted molar refractivity (Wildman–Crippen MR) is 93.7 cm³/mol. The van der Waals surface area contributed by atoms with Crippen molar-refractivity contribution in [3.63, 3.8) is 0 Å². The summed E-state index contributed by atoms with van der Waals surface area (Å²) in [5.74, 6) is -1.26. The second kappa shape index (κ2) is 6.79. The molecule has 0 spiro atoms. The van der Waals surface area contributed by atoms with Crippen molar-refractivity contribution < 1.29 is 18.4 Å². The van der Waals surface area contributed by atoms with Gasteiger partial charge in [0.15, 0.2) is 0 Å². The van der Waals surface area contributed by atoms with Crippen molar-refractivity contribution in [2.24, 2.45) is 5.73 Å². The van der Waals surface area contributed by atoms with E-state index in [9.17, 15) is 18.4 Å². The van der Waals surface area contributed by atoms with Crippen LogP contribution in [0, 0.1) is 6.92 Å². The van der Waals surface area contributed by atoms with Crippen molar-refractivity contribution in [2.45, 2.75) is 26.8 Å². The van der Waals surface area contributed by atoms with Gasteiger partial charge in [0.25, 0.3) is 18.2 Å². The van der Waals surface area contributed by atoms with Gasteiger partial charge in [-0.3, -0.25) is 14.3 Å². The average molecular weight is 379 g/mol. The van der Waals surface area contributed by atoms with E-state index < -0.39 is 23.9 Å². The number of nitrogens with zero attached hydrogens (tertiary/aromatic N) is 3. The van der Waals surface area contributed by atoms with Gasteiger partial charge in [-0.2, -0.15) is 5.10 Å². The number of fused-ring (bicyclic) bond motifs is 1. The third-order valence-electron chi connectivity index (χ3n) is 3.81. The number of carbonyl (C=O) groups is 2. The normalized spacial score (nSPS) is 11.3. The van der Waals surface area contributed by atoms with Crippen molar-refractivity contribution in [1.82, 2.24) is 14.8 Å². The highest BCUT2D eigenvalue weighted by molar-refractivity contribution is 7.21. The quantitative estimate of drug-likeness (QED) is 0.711. The Kier molecular flexibility index (Phi) is 4.68. The van der Waals surface area contributed by atoms with Crippen LogP contribution in [0.5, 0.6) is 0 Å². The molecule has 2 amide bonds. The number of rotatable bonds is 5. The Morgan fingerprint density at radius 3 is 2.77 bits per heavy atom. The molecule has 0 unspecified atom stereocenters. The van der Waals surface area contributed by atoms with Gasteiger partial charge in [-0.05, 0) is 31.5 Å². The summed E-state index contributed by atoms with van der Waals surface area (Å²) in [6.07, 6.45) is -1.25. The van der Waals surface area contributed by atoms with Crippen LogP contribution in [0.1, 0.15) is 44.8 Å². The monoisotopic (exact) mass is 379 g/mol. The molecule has 0 bridgehead atoms. The number of aromatic nitrogens is 3. The van der Waals surface area contributed by atoms with Crippen LogP contribution in [0.3, 0.4) is 0 Å². The van der Waals surface area contributed by atoms with Crippen LogP contribution >= 0.6 is 11.3 Å². The Balaban J connectivity index is 2.13. The van der Waals surface area contributed by atoms with Gasteiger partial charge in [-0.15, -0.1) is 11.3 Å². The molecule has 0 aliphatic heterocycles. The minimum absolute atomic E-state index is 0.0536. The summed E-state index contributed by atoms with van der Waals surface area (Å²) in [5.41, 5.74) is 5.96. The number of primary amides is 1. The summed E-state index contributed by atoms with van der Waals surface area (Å²) >= 11 is 0.871. The Hall–Kier alpha value is -2.88. The van der Waals surface area contributed by atoms with Gasteiger partial charge < -0.3 is 11.1 Å². The maximum absolute atomic E-state index is 13.0. The summed E-state index contributed by atoms with van der Waals surface area (Å²) in [6, 6.07) is 2.77. The highest BCUT2D eigenvalue weighted by Crippen LogP contribution is 2.38. The number of alkyl halides is 2. The molecule has 0 saturated carbocycles. The van der Waals surface area contributed by atoms with E-state index in [1.807, 2.05) is 6.92 Å². The SMILES string of the molecule is CCn1nccc1C(=O)Nc1c(C(N)=O)sc2nc(C(F)F)cc(C)c12. The zero-order valence-corrected chi connectivity index (χ0v) is 14.7. The van der Waals surface area contributed by atoms with E-state index in [0.717, 1.165) is 11.3 Å². The minimum Gasteiger partial charge on any atom is -0.365 e. The third kappa shape index (κ3) is 3.03. The number of anilines is 1. The standard InChI is InChI=1S/C16H15F2N5O2S/c1-3-23-9(4-5-20-23)15(25)22-11-10-7(2)6-8(13(17)18)21-16(10)26-12(11)14(19)24/h4-6,13H,3H2,1-2H3,(H2,19,24)(H,22,25). The van der Waals surface area contributed by atoms with E-state index in [4.69, 9.17) is 5.73 Å². The van der Waals surface area contributed by atoms with Crippen LogP contribution in [-0.2, 0) is 6.54 Å². The molecule has 10 heteroatoms. The number of hydrogen-bond acceptors (Lipinski definition) is 5. The third-order valence-corrected chi connectivity index (χ3v) is 4.91. The van der Waals surface area contributed by atoms with Gasteiger partial charge >= 0.3 is 0 Å². The first-order valence-corrected chi connectivity index (χ1v) is 8.50. The fourth-order valence-electron chi connectivity index (χ4n) is 2.67. The number of aryl methyl sites for hydroxylation is 2. The lowest BCUT2D eigenvalue weighted by Crippen LogP contribution is -2.19. The zero-order valence-electron chi connectivity index (χ0n) is 13.9. The molecule has 0 aliphatic carbocycles. The average Bonchev–Trinajstić information content (AvgIpc) is 3.19. The molecule has 3 N–H and O–H groups in total. The second-order valence-corrected chi connectivity index (χ2v) is 6.50. The molecule has 3 aromatic rings. The molecule has 7 nitrogen and oxygen atoms in total. The Morgan fingerprint density at radius 1 is 1.42 bits per heavy atom. The van der Waals surface area contributed by atoms with E-state index in [2.05, 4.69) is 15.4 Å². The molecule has 0 aromatic carbocycles. The molecule has 3 rings (SSSR count). The number of carbonyl (C=O) groups excluding carboxylic acids is 2. The number of nitrogens with two attached hydrogens (primary N) is 1. The molecule has 0 fully saturated rings. The zero-order chi connectivity index (χ0) is 19.0. The Labute approximate surface area is 150 Å². The van der Waals surface area contributed by atoms with Crippen LogP contribution in [0.4, 0.5) is 14.5 Å². The lowest BCUT2D eigenvalue weighted by molar-refractivity contribution is 0.100. The van der Waals surface area contributed by atoms with Crippen LogP contribution in [0.2, 0.25) is 0 Å². The summed E-state index contributed by atoms with van der Waals surface area (Å²) in [5, 5.41) is 7.11. The van der Waals surface area contributed by atoms with Gasteiger partial charge in [0.05, 0.1) is 5.69 Å². The van der Waals surface area contributed by atoms with Crippen LogP contribution in [-0.4, -0.2) is 26.6 Å². The van der Waals surface area contributed by atoms with Gasteiger partial charge in [0, 0.05) is 18.1 Å². The maximum atomic E-state index is 13.0. The summed E-state index contributed by atoms with van der Waals surface area (Å²) < 4.78 is 27.5. The molecule has 0 aliphatic rings. The smallest absolute Gasteiger partial charge is 0.280 e. The molecule has 26 heavy (non-hydrogen) atoms. The van der Waals surface area contributed by atoms with Crippen molar-refractivity contribution in [3.8, 4) is 0 Å². The fourth-order valence-corrected chi connectivity index (χ4v) is 3.73. The fraction of sp³-hybridized carbons (Fsp3) is 0.250. The summed E-state index contributed by atoms with van der Waals surface area (Å²) in [6.45, 7) is 3.93. The van der Waals surface area contributed by atoms with E-state index in [-0.39, 0.29) is 15.4 Å². The van der Waals surface area contributed by atoms with Crippen molar-refractivity contribution in [1.29, 1.82) is 0 Å². The molecule has 3 heterocycles. The highest BCUT2D eigenvalue weighted by Gasteiger charge is 2.24. The number of amides is 2. The molecule has 0 radical (unpaired) electrons. The lowest BCUT2D eigenvalue weighted by atomic mass is 10.1. The number of pyridine rings is 1. The van der Waals surface area contributed by atoms with Gasteiger partial charge in [-0.25, -0.2) is 13.8 Å². The number of hydrogen-bond donors (Lipinski definition) is 2. The van der Waals surface area contributed by atoms with E-state index >= 15 is 0 Å². The largest absolute Gasteiger partial charge is 0.365 e. The Morgan fingerprint density at radius 2 is 2.15 bits per heavy atom. The summed E-state index contributed by atoms with van der Waals surface area (Å²) in [7, 11) is 0. The Bertz CT molecular complexity index is 1010. The van der Waals surface area contributed by atoms with Crippen LogP contribution in [0.25, 0.3) is 10.2 Å². The molecule has 0 saturated heterocycles. The number of halogens is 2.